The van der Waals surface area contributed by atoms with Crippen molar-refractivity contribution in [2.75, 3.05) is 6.54 Å². The first-order valence-electron chi connectivity index (χ1n) is 6.97. The van der Waals surface area contributed by atoms with Crippen LogP contribution in [0.2, 0.25) is 0 Å². The van der Waals surface area contributed by atoms with Crippen molar-refractivity contribution in [1.29, 1.82) is 0 Å². The lowest BCUT2D eigenvalue weighted by Crippen LogP contribution is -2.30. The lowest BCUT2D eigenvalue weighted by Gasteiger charge is -2.15. The molecule has 0 fully saturated rings. The molecule has 22 heavy (non-hydrogen) atoms. The van der Waals surface area contributed by atoms with Crippen LogP contribution in [0.1, 0.15) is 25.7 Å². The molecular weight excluding hydrogens is 292 g/mol. The van der Waals surface area contributed by atoms with Gasteiger partial charge >= 0.3 is 0 Å². The highest BCUT2D eigenvalue weighted by molar-refractivity contribution is 6.12. The minimum Gasteiger partial charge on any atom is -0.492 e. The molecule has 0 aliphatic carbocycles. The van der Waals surface area contributed by atoms with Gasteiger partial charge in [-0.05, 0) is 12.8 Å². The van der Waals surface area contributed by atoms with Crippen molar-refractivity contribution in [2.24, 2.45) is 0 Å². The standard InChI is InChI=1S/C14H18N2O6/c17-10-5-6-11(18)15(10)9-3-1-2-4-14(21)22-16-12(19)7-8-13(16)20/h5-8,14,19-21H,1-4,9H2. The van der Waals surface area contributed by atoms with Crippen LogP contribution in [0.4, 0.5) is 0 Å². The Balaban J connectivity index is 1.62. The predicted octanol–water partition coefficient (Wildman–Crippen LogP) is 0.132. The second-order valence-electron chi connectivity index (χ2n) is 4.91. The van der Waals surface area contributed by atoms with Crippen LogP contribution < -0.4 is 4.84 Å². The van der Waals surface area contributed by atoms with Gasteiger partial charge in [0.15, 0.2) is 0 Å². The molecule has 3 N–H and O–H groups in total. The predicted molar refractivity (Wildman–Crippen MR) is 74.7 cm³/mol. The summed E-state index contributed by atoms with van der Waals surface area (Å²) in [6.07, 6.45) is 3.53. The van der Waals surface area contributed by atoms with Crippen molar-refractivity contribution in [3.63, 3.8) is 0 Å². The zero-order valence-corrected chi connectivity index (χ0v) is 11.9. The van der Waals surface area contributed by atoms with Crippen LogP contribution in [-0.4, -0.2) is 49.6 Å². The molecule has 0 aromatic carbocycles. The molecule has 8 nitrogen and oxygen atoms in total. The number of imide groups is 1. The lowest BCUT2D eigenvalue weighted by molar-refractivity contribution is -0.136. The average molecular weight is 310 g/mol. The van der Waals surface area contributed by atoms with Gasteiger partial charge in [0, 0.05) is 37.3 Å². The number of hydrogen-bond donors (Lipinski definition) is 3. The first-order valence-corrected chi connectivity index (χ1v) is 6.97. The normalized spacial score (nSPS) is 15.6. The maximum atomic E-state index is 11.3. The Hall–Kier alpha value is -2.48. The average Bonchev–Trinajstić information content (AvgIpc) is 2.96. The number of carbonyl (C=O) groups is 2. The third-order valence-electron chi connectivity index (χ3n) is 3.26. The fourth-order valence-electron chi connectivity index (χ4n) is 2.10. The maximum absolute atomic E-state index is 11.3. The summed E-state index contributed by atoms with van der Waals surface area (Å²) in [6.45, 7) is 0.348. The van der Waals surface area contributed by atoms with E-state index in [1.165, 1.54) is 29.2 Å². The molecule has 2 rings (SSSR count). The van der Waals surface area contributed by atoms with E-state index < -0.39 is 6.29 Å². The van der Waals surface area contributed by atoms with Crippen LogP contribution in [0.3, 0.4) is 0 Å². The maximum Gasteiger partial charge on any atom is 0.253 e. The highest BCUT2D eigenvalue weighted by atomic mass is 16.7. The minimum absolute atomic E-state index is 0.289. The summed E-state index contributed by atoms with van der Waals surface area (Å²) in [5, 5.41) is 28.4. The van der Waals surface area contributed by atoms with Crippen molar-refractivity contribution >= 4 is 11.8 Å². The Morgan fingerprint density at radius 1 is 1.00 bits per heavy atom. The molecule has 1 atom stereocenters. The van der Waals surface area contributed by atoms with Gasteiger partial charge in [0.05, 0.1) is 0 Å². The molecule has 1 unspecified atom stereocenters. The number of rotatable bonds is 8. The summed E-state index contributed by atoms with van der Waals surface area (Å²) in [4.78, 5) is 28.8. The molecular formula is C14H18N2O6. The number of amides is 2. The Labute approximate surface area is 126 Å². The Bertz CT molecular complexity index is 542. The molecule has 0 saturated heterocycles. The Morgan fingerprint density at radius 2 is 1.59 bits per heavy atom. The molecule has 0 spiro atoms. The summed E-state index contributed by atoms with van der Waals surface area (Å²) in [7, 11) is 0. The van der Waals surface area contributed by atoms with E-state index in [9.17, 15) is 24.9 Å². The van der Waals surface area contributed by atoms with Gasteiger partial charge in [-0.1, -0.05) is 6.42 Å². The summed E-state index contributed by atoms with van der Waals surface area (Å²) in [6, 6.07) is 2.47. The second kappa shape index (κ2) is 6.99. The van der Waals surface area contributed by atoms with E-state index >= 15 is 0 Å². The van der Waals surface area contributed by atoms with E-state index in [0.717, 1.165) is 4.73 Å². The number of carbonyl (C=O) groups excluding carboxylic acids is 2. The van der Waals surface area contributed by atoms with Crippen molar-refractivity contribution < 1.29 is 29.7 Å². The van der Waals surface area contributed by atoms with Gasteiger partial charge in [-0.15, -0.1) is 4.73 Å². The molecule has 1 aliphatic rings. The monoisotopic (exact) mass is 310 g/mol. The number of aromatic nitrogens is 1. The molecule has 0 saturated carbocycles. The Morgan fingerprint density at radius 3 is 2.18 bits per heavy atom. The van der Waals surface area contributed by atoms with Crippen molar-refractivity contribution in [2.45, 2.75) is 32.0 Å². The zero-order chi connectivity index (χ0) is 16.1. The van der Waals surface area contributed by atoms with Crippen LogP contribution in [0.25, 0.3) is 0 Å². The number of aromatic hydroxyl groups is 2. The largest absolute Gasteiger partial charge is 0.492 e. The summed E-state index contributed by atoms with van der Waals surface area (Å²) in [5.74, 6) is -1.22. The van der Waals surface area contributed by atoms with Gasteiger partial charge in [-0.25, -0.2) is 0 Å². The van der Waals surface area contributed by atoms with Gasteiger partial charge in [0.25, 0.3) is 11.8 Å². The first-order chi connectivity index (χ1) is 10.5. The molecule has 120 valence electrons. The second-order valence-corrected chi connectivity index (χ2v) is 4.91. The van der Waals surface area contributed by atoms with Gasteiger partial charge in [0.1, 0.15) is 0 Å². The molecule has 1 aromatic heterocycles. The SMILES string of the molecule is O=C1C=CC(=O)N1CCCCCC(O)On1c(O)ccc1O. The molecule has 2 amide bonds. The molecule has 1 aromatic rings. The van der Waals surface area contributed by atoms with Crippen LogP contribution in [0.15, 0.2) is 24.3 Å². The quantitative estimate of drug-likeness (QED) is 0.357. The van der Waals surface area contributed by atoms with Crippen LogP contribution in [0.5, 0.6) is 11.8 Å². The fourth-order valence-corrected chi connectivity index (χ4v) is 2.10. The number of unbranched alkanes of at least 4 members (excludes halogenated alkanes) is 2. The zero-order valence-electron chi connectivity index (χ0n) is 11.9. The van der Waals surface area contributed by atoms with E-state index in [1.54, 1.807) is 0 Å². The third kappa shape index (κ3) is 3.79. The number of aliphatic hydroxyl groups is 1. The van der Waals surface area contributed by atoms with Crippen LogP contribution >= 0.6 is 0 Å². The van der Waals surface area contributed by atoms with Crippen LogP contribution in [-0.2, 0) is 9.59 Å². The number of aliphatic hydroxyl groups excluding tert-OH is 1. The molecule has 0 bridgehead atoms. The van der Waals surface area contributed by atoms with Crippen molar-refractivity contribution in [1.82, 2.24) is 9.63 Å². The lowest BCUT2D eigenvalue weighted by atomic mass is 10.2. The van der Waals surface area contributed by atoms with E-state index in [1.807, 2.05) is 0 Å². The van der Waals surface area contributed by atoms with Gasteiger partial charge in [-0.3, -0.25) is 14.5 Å². The number of nitrogens with zero attached hydrogens (tertiary/aromatic N) is 2. The summed E-state index contributed by atoms with van der Waals surface area (Å²) in [5.41, 5.74) is 0. The smallest absolute Gasteiger partial charge is 0.253 e. The minimum atomic E-state index is -1.18. The van der Waals surface area contributed by atoms with Crippen LogP contribution in [0, 0.1) is 0 Å². The van der Waals surface area contributed by atoms with E-state index in [-0.39, 0.29) is 30.0 Å². The van der Waals surface area contributed by atoms with E-state index in [2.05, 4.69) is 0 Å². The van der Waals surface area contributed by atoms with E-state index in [0.29, 0.717) is 25.8 Å². The van der Waals surface area contributed by atoms with Gasteiger partial charge < -0.3 is 20.2 Å². The molecule has 8 heteroatoms. The molecule has 2 heterocycles. The summed E-state index contributed by atoms with van der Waals surface area (Å²) >= 11 is 0. The van der Waals surface area contributed by atoms with Gasteiger partial charge in [0.2, 0.25) is 18.1 Å². The van der Waals surface area contributed by atoms with Crippen molar-refractivity contribution in [3.8, 4) is 11.8 Å². The highest BCUT2D eigenvalue weighted by Crippen LogP contribution is 2.19. The topological polar surface area (TPSA) is 112 Å². The highest BCUT2D eigenvalue weighted by Gasteiger charge is 2.22. The first kappa shape index (κ1) is 15.9. The fraction of sp³-hybridized carbons (Fsp3) is 0.429. The Kier molecular flexibility index (Phi) is 5.05. The molecule has 0 radical (unpaired) electrons. The third-order valence-corrected chi connectivity index (χ3v) is 3.26. The summed E-state index contributed by atoms with van der Waals surface area (Å²) < 4.78 is 0.734. The number of hydrogen-bond acceptors (Lipinski definition) is 6. The van der Waals surface area contributed by atoms with Crippen molar-refractivity contribution in [3.05, 3.63) is 24.3 Å². The van der Waals surface area contributed by atoms with E-state index in [4.69, 9.17) is 4.84 Å². The molecule has 1 aliphatic heterocycles. The van der Waals surface area contributed by atoms with Gasteiger partial charge in [-0.2, -0.15) is 0 Å².